The molecule has 6 nitrogen and oxygen atoms in total. The van der Waals surface area contributed by atoms with Crippen molar-refractivity contribution in [2.45, 2.75) is 5.34 Å². The molecule has 28 heavy (non-hydrogen) atoms. The number of pyridine rings is 1. The zero-order valence-electron chi connectivity index (χ0n) is 14.6. The van der Waals surface area contributed by atoms with Gasteiger partial charge < -0.3 is 13.8 Å². The van der Waals surface area contributed by atoms with Gasteiger partial charge in [-0.25, -0.2) is 9.97 Å². The van der Waals surface area contributed by atoms with E-state index in [2.05, 4.69) is 9.97 Å². The summed E-state index contributed by atoms with van der Waals surface area (Å²) in [5.74, 6) is -0.569. The summed E-state index contributed by atoms with van der Waals surface area (Å²) < 4.78 is 43.8. The number of ether oxygens (including phenoxy) is 1. The lowest BCUT2D eigenvalue weighted by Gasteiger charge is -2.36. The maximum atomic E-state index is 13.8. The second-order valence-electron chi connectivity index (χ2n) is 5.39. The van der Waals surface area contributed by atoms with Gasteiger partial charge in [0.2, 0.25) is 5.95 Å². The molecule has 0 saturated carbocycles. The van der Waals surface area contributed by atoms with Gasteiger partial charge in [0.25, 0.3) is 5.34 Å². The zero-order chi connectivity index (χ0) is 20.4. The minimum absolute atomic E-state index is 0.122. The molecule has 148 valence electrons. The highest BCUT2D eigenvalue weighted by atomic mass is 35.5. The van der Waals surface area contributed by atoms with E-state index >= 15 is 0 Å². The van der Waals surface area contributed by atoms with Crippen LogP contribution in [0.3, 0.4) is 0 Å². The van der Waals surface area contributed by atoms with Crippen LogP contribution in [0.5, 0.6) is 5.75 Å². The van der Waals surface area contributed by atoms with Crippen LogP contribution in [0.25, 0.3) is 0 Å². The summed E-state index contributed by atoms with van der Waals surface area (Å²) >= 11 is 13.4. The number of aromatic nitrogens is 2. The number of nitrogens with zero attached hydrogens (tertiary/aromatic N) is 2. The predicted octanol–water partition coefficient (Wildman–Crippen LogP) is 5.75. The molecule has 0 bridgehead atoms. The fraction of sp³-hybridized carbons (Fsp3) is 0.176. The maximum absolute atomic E-state index is 13.8. The van der Waals surface area contributed by atoms with Crippen LogP contribution in [-0.2, 0) is 19.0 Å². The summed E-state index contributed by atoms with van der Waals surface area (Å²) in [4.78, 5) is 7.86. The number of rotatable bonds is 7. The fourth-order valence-electron chi connectivity index (χ4n) is 2.58. The first-order chi connectivity index (χ1) is 13.4. The van der Waals surface area contributed by atoms with E-state index in [1.807, 2.05) is 0 Å². The van der Waals surface area contributed by atoms with Gasteiger partial charge >= 0.3 is 7.60 Å². The minimum atomic E-state index is -4.04. The van der Waals surface area contributed by atoms with Gasteiger partial charge in [0, 0.05) is 31.4 Å². The molecule has 1 atom stereocenters. The van der Waals surface area contributed by atoms with Gasteiger partial charge in [-0.15, -0.1) is 11.3 Å². The number of thiazole rings is 1. The number of halogens is 3. The van der Waals surface area contributed by atoms with Crippen LogP contribution in [0.1, 0.15) is 10.6 Å². The highest BCUT2D eigenvalue weighted by molar-refractivity contribution is 7.55. The van der Waals surface area contributed by atoms with E-state index in [1.165, 1.54) is 50.0 Å². The van der Waals surface area contributed by atoms with Gasteiger partial charge in [-0.05, 0) is 24.3 Å². The Kier molecular flexibility index (Phi) is 6.39. The van der Waals surface area contributed by atoms with Gasteiger partial charge in [0.05, 0.1) is 16.2 Å². The van der Waals surface area contributed by atoms with E-state index in [-0.39, 0.29) is 15.8 Å². The van der Waals surface area contributed by atoms with Gasteiger partial charge in [-0.2, -0.15) is 4.39 Å². The first kappa shape index (κ1) is 21.2. The molecular weight excluding hydrogens is 449 g/mol. The van der Waals surface area contributed by atoms with Crippen molar-refractivity contribution in [2.24, 2.45) is 0 Å². The Bertz CT molecular complexity index is 999. The summed E-state index contributed by atoms with van der Waals surface area (Å²) in [5, 5.41) is 0.635. The molecular formula is C17H14Cl2FN2O4PS. The van der Waals surface area contributed by atoms with E-state index in [9.17, 15) is 8.96 Å². The topological polar surface area (TPSA) is 70.5 Å². The lowest BCUT2D eigenvalue weighted by Crippen LogP contribution is -2.36. The van der Waals surface area contributed by atoms with E-state index in [0.717, 1.165) is 12.3 Å². The Morgan fingerprint density at radius 3 is 2.39 bits per heavy atom. The number of hydrogen-bond acceptors (Lipinski definition) is 7. The summed E-state index contributed by atoms with van der Waals surface area (Å²) in [6.45, 7) is 0. The van der Waals surface area contributed by atoms with Crippen molar-refractivity contribution in [1.82, 2.24) is 9.97 Å². The molecule has 0 spiro atoms. The summed E-state index contributed by atoms with van der Waals surface area (Å²) in [6.07, 6.45) is 2.68. The molecule has 3 rings (SSSR count). The van der Waals surface area contributed by atoms with Crippen LogP contribution in [0.2, 0.25) is 10.0 Å². The second kappa shape index (κ2) is 8.45. The van der Waals surface area contributed by atoms with Crippen molar-refractivity contribution in [3.63, 3.8) is 0 Å². The average Bonchev–Trinajstić information content (AvgIpc) is 3.24. The molecule has 3 aromatic rings. The standard InChI is InChI=1S/C17H14Cl2FN2O4PS/c1-24-27(23,25-2)17(16-21-7-8-28-16,11-3-5-13(18)14(19)9-11)26-12-4-6-15(20)22-10-12/h3-10H,1-2H3. The first-order valence-electron chi connectivity index (χ1n) is 7.74. The average molecular weight is 463 g/mol. The fourth-order valence-corrected chi connectivity index (χ4v) is 5.69. The SMILES string of the molecule is COP(=O)(OC)C(Oc1ccc(F)nc1)(c1ccc(Cl)c(Cl)c1)c1nccs1. The molecule has 2 heterocycles. The van der Waals surface area contributed by atoms with Crippen LogP contribution >= 0.6 is 42.1 Å². The quantitative estimate of drug-likeness (QED) is 0.328. The smallest absolute Gasteiger partial charge is 0.385 e. The van der Waals surface area contributed by atoms with Crippen molar-refractivity contribution in [1.29, 1.82) is 0 Å². The van der Waals surface area contributed by atoms with Gasteiger partial charge in [0.1, 0.15) is 5.75 Å². The third-order valence-electron chi connectivity index (χ3n) is 3.87. The molecule has 0 aliphatic heterocycles. The minimum Gasteiger partial charge on any atom is -0.461 e. The molecule has 0 amide bonds. The molecule has 0 aliphatic carbocycles. The Morgan fingerprint density at radius 1 is 1.11 bits per heavy atom. The molecule has 2 aromatic heterocycles. The van der Waals surface area contributed by atoms with Crippen LogP contribution in [0.15, 0.2) is 48.1 Å². The summed E-state index contributed by atoms with van der Waals surface area (Å²) in [7, 11) is -1.58. The van der Waals surface area contributed by atoms with Crippen LogP contribution in [0, 0.1) is 5.95 Å². The normalized spacial score (nSPS) is 13.9. The van der Waals surface area contributed by atoms with E-state index in [4.69, 9.17) is 37.0 Å². The van der Waals surface area contributed by atoms with E-state index in [0.29, 0.717) is 10.6 Å². The monoisotopic (exact) mass is 462 g/mol. The third-order valence-corrected chi connectivity index (χ3v) is 7.92. The van der Waals surface area contributed by atoms with Crippen molar-refractivity contribution in [2.75, 3.05) is 14.2 Å². The highest BCUT2D eigenvalue weighted by Crippen LogP contribution is 2.67. The lowest BCUT2D eigenvalue weighted by atomic mass is 10.1. The molecule has 0 aliphatic rings. The van der Waals surface area contributed by atoms with Crippen molar-refractivity contribution >= 4 is 42.1 Å². The maximum Gasteiger partial charge on any atom is 0.385 e. The highest BCUT2D eigenvalue weighted by Gasteiger charge is 2.58. The largest absolute Gasteiger partial charge is 0.461 e. The Hall–Kier alpha value is -1.54. The number of hydrogen-bond donors (Lipinski definition) is 0. The van der Waals surface area contributed by atoms with E-state index < -0.39 is 18.9 Å². The molecule has 0 N–H and O–H groups in total. The van der Waals surface area contributed by atoms with Gasteiger partial charge in [-0.3, -0.25) is 4.57 Å². The summed E-state index contributed by atoms with van der Waals surface area (Å²) in [5.41, 5.74) is 0.327. The Labute approximate surface area is 174 Å². The van der Waals surface area contributed by atoms with Crippen LogP contribution in [0.4, 0.5) is 4.39 Å². The van der Waals surface area contributed by atoms with Crippen molar-refractivity contribution < 1.29 is 22.7 Å². The molecule has 0 saturated heterocycles. The van der Waals surface area contributed by atoms with Crippen LogP contribution < -0.4 is 4.74 Å². The lowest BCUT2D eigenvalue weighted by molar-refractivity contribution is 0.132. The Morgan fingerprint density at radius 2 is 1.86 bits per heavy atom. The van der Waals surface area contributed by atoms with Crippen molar-refractivity contribution in [3.05, 3.63) is 74.7 Å². The molecule has 11 heteroatoms. The first-order valence-corrected chi connectivity index (χ1v) is 10.9. The second-order valence-corrected chi connectivity index (χ2v) is 9.46. The Balaban J connectivity index is 2.33. The number of benzene rings is 1. The predicted molar refractivity (Wildman–Crippen MR) is 106 cm³/mol. The van der Waals surface area contributed by atoms with Gasteiger partial charge in [0.15, 0.2) is 5.01 Å². The molecule has 0 radical (unpaired) electrons. The van der Waals surface area contributed by atoms with Crippen molar-refractivity contribution in [3.8, 4) is 5.75 Å². The zero-order valence-corrected chi connectivity index (χ0v) is 17.9. The molecule has 1 unspecified atom stereocenters. The van der Waals surface area contributed by atoms with Crippen LogP contribution in [-0.4, -0.2) is 24.2 Å². The molecule has 1 aromatic carbocycles. The van der Waals surface area contributed by atoms with Gasteiger partial charge in [-0.1, -0.05) is 29.3 Å². The molecule has 0 fully saturated rings. The van der Waals surface area contributed by atoms with E-state index in [1.54, 1.807) is 11.4 Å². The summed E-state index contributed by atoms with van der Waals surface area (Å²) in [6, 6.07) is 7.06. The third kappa shape index (κ3) is 3.68.